The Hall–Kier alpha value is -2.64. The summed E-state index contributed by atoms with van der Waals surface area (Å²) in [4.78, 5) is 28.1. The Morgan fingerprint density at radius 2 is 2.26 bits per heavy atom. The molecule has 2 aliphatic heterocycles. The second-order valence-electron chi connectivity index (χ2n) is 6.02. The summed E-state index contributed by atoms with van der Waals surface area (Å²) in [5.41, 5.74) is 1.47. The number of carbonyl (C=O) groups is 2. The minimum atomic E-state index is -0.0762. The van der Waals surface area contributed by atoms with Gasteiger partial charge in [-0.3, -0.25) is 19.4 Å². The predicted molar refractivity (Wildman–Crippen MR) is 80.4 cm³/mol. The molecule has 0 aliphatic carbocycles. The molecule has 1 atom stereocenters. The van der Waals surface area contributed by atoms with Crippen LogP contribution in [-0.4, -0.2) is 61.2 Å². The van der Waals surface area contributed by atoms with Crippen molar-refractivity contribution in [3.8, 4) is 0 Å². The van der Waals surface area contributed by atoms with Gasteiger partial charge in [-0.25, -0.2) is 0 Å². The third-order valence-electron chi connectivity index (χ3n) is 4.50. The first-order chi connectivity index (χ1) is 11.2. The zero-order chi connectivity index (χ0) is 15.8. The van der Waals surface area contributed by atoms with Gasteiger partial charge in [0.05, 0.1) is 18.3 Å². The van der Waals surface area contributed by atoms with Crippen molar-refractivity contribution in [2.75, 3.05) is 19.6 Å². The zero-order valence-electron chi connectivity index (χ0n) is 12.7. The number of H-pyrrole nitrogens is 1. The molecule has 4 heterocycles. The summed E-state index contributed by atoms with van der Waals surface area (Å²) < 4.78 is 1.95. The van der Waals surface area contributed by atoms with Crippen molar-refractivity contribution >= 4 is 11.8 Å². The van der Waals surface area contributed by atoms with Crippen molar-refractivity contribution in [3.63, 3.8) is 0 Å². The highest BCUT2D eigenvalue weighted by Crippen LogP contribution is 2.24. The van der Waals surface area contributed by atoms with Gasteiger partial charge in [-0.15, -0.1) is 0 Å². The molecule has 120 valence electrons. The maximum Gasteiger partial charge on any atom is 0.272 e. The molecule has 1 fully saturated rings. The van der Waals surface area contributed by atoms with Gasteiger partial charge in [0.25, 0.3) is 5.91 Å². The molecule has 0 bridgehead atoms. The van der Waals surface area contributed by atoms with Gasteiger partial charge >= 0.3 is 0 Å². The van der Waals surface area contributed by atoms with Crippen molar-refractivity contribution in [3.05, 3.63) is 35.9 Å². The Bertz CT molecular complexity index is 722. The molecule has 1 saturated heterocycles. The minimum Gasteiger partial charge on any atom is -0.340 e. The molecule has 0 spiro atoms. The van der Waals surface area contributed by atoms with Crippen LogP contribution in [-0.2, 0) is 11.3 Å². The molecule has 2 aliphatic rings. The summed E-state index contributed by atoms with van der Waals surface area (Å²) >= 11 is 0. The van der Waals surface area contributed by atoms with E-state index in [4.69, 9.17) is 0 Å². The van der Waals surface area contributed by atoms with Gasteiger partial charge in [0.15, 0.2) is 0 Å². The average molecular weight is 314 g/mol. The van der Waals surface area contributed by atoms with Crippen LogP contribution in [0.5, 0.6) is 0 Å². The highest BCUT2D eigenvalue weighted by molar-refractivity contribution is 5.92. The number of aromatic amines is 1. The standard InChI is InChI=1S/C15H18N6O2/c22-14-2-1-7-19(14)9-12-10-20(8-11-3-6-17-21(11)12)15(23)13-4-5-16-18-13/h3-6,12H,1-2,7-10H2,(H,16,18). The van der Waals surface area contributed by atoms with E-state index in [1.54, 1.807) is 23.4 Å². The number of rotatable bonds is 3. The van der Waals surface area contributed by atoms with E-state index in [-0.39, 0.29) is 17.9 Å². The van der Waals surface area contributed by atoms with Crippen LogP contribution in [0.1, 0.15) is 35.1 Å². The van der Waals surface area contributed by atoms with Crippen LogP contribution in [0.15, 0.2) is 24.5 Å². The molecule has 2 aromatic heterocycles. The third kappa shape index (κ3) is 2.49. The van der Waals surface area contributed by atoms with Crippen molar-refractivity contribution in [1.29, 1.82) is 0 Å². The molecule has 0 aromatic carbocycles. The number of nitrogens with zero attached hydrogens (tertiary/aromatic N) is 5. The number of likely N-dealkylation sites (tertiary alicyclic amines) is 1. The Labute approximate surface area is 133 Å². The lowest BCUT2D eigenvalue weighted by Crippen LogP contribution is -2.45. The van der Waals surface area contributed by atoms with Gasteiger partial charge in [0.1, 0.15) is 5.69 Å². The number of fused-ring (bicyclic) bond motifs is 1. The summed E-state index contributed by atoms with van der Waals surface area (Å²) in [6, 6.07) is 3.58. The monoisotopic (exact) mass is 314 g/mol. The van der Waals surface area contributed by atoms with E-state index >= 15 is 0 Å². The van der Waals surface area contributed by atoms with Gasteiger partial charge in [0.2, 0.25) is 5.91 Å². The van der Waals surface area contributed by atoms with Crippen LogP contribution in [0, 0.1) is 0 Å². The first-order valence-electron chi connectivity index (χ1n) is 7.81. The second kappa shape index (κ2) is 5.53. The number of amides is 2. The Kier molecular flexibility index (Phi) is 3.36. The van der Waals surface area contributed by atoms with Gasteiger partial charge in [-0.2, -0.15) is 10.2 Å². The van der Waals surface area contributed by atoms with Crippen LogP contribution in [0.25, 0.3) is 0 Å². The maximum atomic E-state index is 12.6. The molecule has 8 heteroatoms. The summed E-state index contributed by atoms with van der Waals surface area (Å²) in [6.45, 7) is 2.44. The van der Waals surface area contributed by atoms with E-state index in [1.165, 1.54) is 0 Å². The fourth-order valence-electron chi connectivity index (χ4n) is 3.37. The number of carbonyl (C=O) groups excluding carboxylic acids is 2. The highest BCUT2D eigenvalue weighted by Gasteiger charge is 2.32. The first-order valence-corrected chi connectivity index (χ1v) is 7.81. The number of hydrogen-bond acceptors (Lipinski definition) is 4. The summed E-state index contributed by atoms with van der Waals surface area (Å²) in [5.74, 6) is 0.114. The fraction of sp³-hybridized carbons (Fsp3) is 0.467. The Morgan fingerprint density at radius 1 is 1.35 bits per heavy atom. The Balaban J connectivity index is 1.56. The molecule has 8 nitrogen and oxygen atoms in total. The van der Waals surface area contributed by atoms with Crippen LogP contribution >= 0.6 is 0 Å². The maximum absolute atomic E-state index is 12.6. The second-order valence-corrected chi connectivity index (χ2v) is 6.02. The zero-order valence-corrected chi connectivity index (χ0v) is 12.7. The smallest absolute Gasteiger partial charge is 0.272 e. The number of aromatic nitrogens is 4. The van der Waals surface area contributed by atoms with E-state index in [0.29, 0.717) is 31.7 Å². The van der Waals surface area contributed by atoms with E-state index in [1.807, 2.05) is 15.6 Å². The van der Waals surface area contributed by atoms with Crippen molar-refractivity contribution < 1.29 is 9.59 Å². The van der Waals surface area contributed by atoms with E-state index in [0.717, 1.165) is 18.7 Å². The minimum absolute atomic E-state index is 0.0114. The number of nitrogens with one attached hydrogen (secondary N) is 1. The molecule has 2 aromatic rings. The quantitative estimate of drug-likeness (QED) is 0.890. The van der Waals surface area contributed by atoms with Gasteiger partial charge in [0, 0.05) is 38.4 Å². The molecular formula is C15H18N6O2. The Morgan fingerprint density at radius 3 is 3.00 bits per heavy atom. The average Bonchev–Trinajstić information content (AvgIpc) is 3.28. The molecule has 1 N–H and O–H groups in total. The molecule has 0 radical (unpaired) electrons. The van der Waals surface area contributed by atoms with E-state index in [9.17, 15) is 9.59 Å². The van der Waals surface area contributed by atoms with Gasteiger partial charge in [-0.05, 0) is 18.6 Å². The van der Waals surface area contributed by atoms with Crippen LogP contribution in [0.2, 0.25) is 0 Å². The van der Waals surface area contributed by atoms with Crippen LogP contribution in [0.3, 0.4) is 0 Å². The molecular weight excluding hydrogens is 296 g/mol. The third-order valence-corrected chi connectivity index (χ3v) is 4.50. The first kappa shape index (κ1) is 14.0. The van der Waals surface area contributed by atoms with E-state index < -0.39 is 0 Å². The van der Waals surface area contributed by atoms with Gasteiger partial charge < -0.3 is 9.80 Å². The van der Waals surface area contributed by atoms with Crippen molar-refractivity contribution in [2.24, 2.45) is 0 Å². The molecule has 2 amide bonds. The van der Waals surface area contributed by atoms with Crippen molar-refractivity contribution in [2.45, 2.75) is 25.4 Å². The topological polar surface area (TPSA) is 87.1 Å². The van der Waals surface area contributed by atoms with E-state index in [2.05, 4.69) is 15.3 Å². The summed E-state index contributed by atoms with van der Waals surface area (Å²) in [7, 11) is 0. The fourth-order valence-corrected chi connectivity index (χ4v) is 3.37. The molecule has 1 unspecified atom stereocenters. The lowest BCUT2D eigenvalue weighted by atomic mass is 10.1. The van der Waals surface area contributed by atoms with Crippen molar-refractivity contribution in [1.82, 2.24) is 29.8 Å². The molecule has 0 saturated carbocycles. The SMILES string of the molecule is O=C1CCCN1CC1CN(C(=O)c2ccn[nH]2)Cc2ccnn21. The van der Waals surface area contributed by atoms with Crippen LogP contribution < -0.4 is 0 Å². The van der Waals surface area contributed by atoms with Gasteiger partial charge in [-0.1, -0.05) is 0 Å². The summed E-state index contributed by atoms with van der Waals surface area (Å²) in [5, 5.41) is 10.9. The normalized spacial score (nSPS) is 20.9. The summed E-state index contributed by atoms with van der Waals surface area (Å²) in [6.07, 6.45) is 4.85. The van der Waals surface area contributed by atoms with Crippen LogP contribution in [0.4, 0.5) is 0 Å². The number of hydrogen-bond donors (Lipinski definition) is 1. The molecule has 4 rings (SSSR count). The largest absolute Gasteiger partial charge is 0.340 e. The lowest BCUT2D eigenvalue weighted by Gasteiger charge is -2.35. The predicted octanol–water partition coefficient (Wildman–Crippen LogP) is 0.426. The molecule has 23 heavy (non-hydrogen) atoms. The highest BCUT2D eigenvalue weighted by atomic mass is 16.2. The lowest BCUT2D eigenvalue weighted by molar-refractivity contribution is -0.128.